The summed E-state index contributed by atoms with van der Waals surface area (Å²) in [5.74, 6) is 0.480. The van der Waals surface area contributed by atoms with Crippen molar-refractivity contribution in [2.45, 2.75) is 63.7 Å². The first-order valence-electron chi connectivity index (χ1n) is 13.5. The van der Waals surface area contributed by atoms with Crippen molar-refractivity contribution in [2.24, 2.45) is 0 Å². The van der Waals surface area contributed by atoms with Crippen LogP contribution in [0.3, 0.4) is 0 Å². The fraction of sp³-hybridized carbons (Fsp3) is 0.444. The Kier molecular flexibility index (Phi) is 7.30. The first kappa shape index (κ1) is 27.1. The number of nitrogen functional groups attached to an aromatic ring is 2. The molecule has 1 aromatic carbocycles. The van der Waals surface area contributed by atoms with Gasteiger partial charge in [-0.05, 0) is 38.9 Å². The largest absolute Gasteiger partial charge is 0.492 e. The summed E-state index contributed by atoms with van der Waals surface area (Å²) in [6.07, 6.45) is 4.01. The van der Waals surface area contributed by atoms with Crippen LogP contribution in [0.25, 0.3) is 11.2 Å². The molecule has 2 fully saturated rings. The van der Waals surface area contributed by atoms with Crippen LogP contribution in [0, 0.1) is 0 Å². The SMILES string of the molecule is CC1(C)OC2[C@@H](CCNCc3cn(CCOc4ccccc4)c(=O)nc3N)O[C@@H](n3cnc4c(N)ncnc43)[C@H]2O1. The van der Waals surface area contributed by atoms with E-state index >= 15 is 0 Å². The van der Waals surface area contributed by atoms with Crippen molar-refractivity contribution in [3.63, 3.8) is 0 Å². The fourth-order valence-corrected chi connectivity index (χ4v) is 5.26. The van der Waals surface area contributed by atoms with Gasteiger partial charge in [-0.3, -0.25) is 9.13 Å². The third kappa shape index (κ3) is 5.59. The summed E-state index contributed by atoms with van der Waals surface area (Å²) in [5, 5.41) is 3.39. The lowest BCUT2D eigenvalue weighted by molar-refractivity contribution is -0.196. The van der Waals surface area contributed by atoms with Gasteiger partial charge in [0.25, 0.3) is 0 Å². The number of hydrogen-bond donors (Lipinski definition) is 3. The summed E-state index contributed by atoms with van der Waals surface area (Å²) in [6, 6.07) is 9.43. The Balaban J connectivity index is 1.08. The van der Waals surface area contributed by atoms with E-state index in [9.17, 15) is 4.79 Å². The van der Waals surface area contributed by atoms with Crippen molar-refractivity contribution in [2.75, 3.05) is 24.6 Å². The Morgan fingerprint density at radius 3 is 2.71 bits per heavy atom. The molecule has 6 rings (SSSR count). The third-order valence-electron chi connectivity index (χ3n) is 7.15. The number of hydrogen-bond acceptors (Lipinski definition) is 12. The van der Waals surface area contributed by atoms with Gasteiger partial charge in [-0.25, -0.2) is 19.7 Å². The van der Waals surface area contributed by atoms with Crippen molar-refractivity contribution < 1.29 is 18.9 Å². The van der Waals surface area contributed by atoms with Gasteiger partial charge in [-0.1, -0.05) is 18.2 Å². The van der Waals surface area contributed by atoms with E-state index in [1.165, 1.54) is 10.9 Å². The van der Waals surface area contributed by atoms with Gasteiger partial charge in [0.1, 0.15) is 42.2 Å². The van der Waals surface area contributed by atoms with Crippen LogP contribution in [0.15, 0.2) is 54.0 Å². The van der Waals surface area contributed by atoms with E-state index in [0.29, 0.717) is 49.6 Å². The lowest BCUT2D eigenvalue weighted by atomic mass is 10.1. The Morgan fingerprint density at radius 2 is 1.88 bits per heavy atom. The van der Waals surface area contributed by atoms with Crippen molar-refractivity contribution in [3.05, 3.63) is 65.2 Å². The molecule has 0 saturated carbocycles. The van der Waals surface area contributed by atoms with Crippen molar-refractivity contribution in [3.8, 4) is 5.75 Å². The van der Waals surface area contributed by atoms with Gasteiger partial charge in [0.05, 0.1) is 19.0 Å². The zero-order valence-electron chi connectivity index (χ0n) is 22.8. The van der Waals surface area contributed by atoms with Gasteiger partial charge < -0.3 is 35.7 Å². The monoisotopic (exact) mass is 563 g/mol. The average molecular weight is 564 g/mol. The van der Waals surface area contributed by atoms with Crippen LogP contribution in [0.2, 0.25) is 0 Å². The molecular weight excluding hydrogens is 530 g/mol. The maximum atomic E-state index is 12.4. The second-order valence-electron chi connectivity index (χ2n) is 10.5. The molecular formula is C27H33N9O5. The Bertz CT molecular complexity index is 1570. The first-order valence-corrected chi connectivity index (χ1v) is 13.5. The van der Waals surface area contributed by atoms with Gasteiger partial charge in [0.2, 0.25) is 0 Å². The van der Waals surface area contributed by atoms with E-state index in [4.69, 9.17) is 30.4 Å². The molecule has 0 aliphatic carbocycles. The molecule has 2 aliphatic heterocycles. The van der Waals surface area contributed by atoms with E-state index in [2.05, 4.69) is 25.3 Å². The fourth-order valence-electron chi connectivity index (χ4n) is 5.26. The van der Waals surface area contributed by atoms with Crippen LogP contribution >= 0.6 is 0 Å². The molecule has 4 aromatic rings. The van der Waals surface area contributed by atoms with Crippen LogP contribution in [-0.2, 0) is 27.3 Å². The molecule has 5 heterocycles. The van der Waals surface area contributed by atoms with Crippen LogP contribution in [-0.4, -0.2) is 66.3 Å². The molecule has 5 N–H and O–H groups in total. The van der Waals surface area contributed by atoms with E-state index < -0.39 is 17.7 Å². The number of nitrogens with zero attached hydrogens (tertiary/aromatic N) is 6. The quantitative estimate of drug-likeness (QED) is 0.235. The molecule has 0 radical (unpaired) electrons. The van der Waals surface area contributed by atoms with E-state index in [-0.39, 0.29) is 24.1 Å². The summed E-state index contributed by atoms with van der Waals surface area (Å²) in [4.78, 5) is 29.1. The van der Waals surface area contributed by atoms with Crippen LogP contribution in [0.4, 0.5) is 11.6 Å². The number of imidazole rings is 1. The normalized spacial score (nSPS) is 23.2. The number of nitrogens with two attached hydrogens (primary N) is 2. The Labute approximate surface area is 235 Å². The average Bonchev–Trinajstić information content (AvgIpc) is 3.61. The predicted octanol–water partition coefficient (Wildman–Crippen LogP) is 1.22. The maximum Gasteiger partial charge on any atom is 0.349 e. The summed E-state index contributed by atoms with van der Waals surface area (Å²) in [7, 11) is 0. The highest BCUT2D eigenvalue weighted by Gasteiger charge is 2.55. The molecule has 14 nitrogen and oxygen atoms in total. The third-order valence-corrected chi connectivity index (χ3v) is 7.15. The molecule has 2 aliphatic rings. The molecule has 2 saturated heterocycles. The lowest BCUT2D eigenvalue weighted by Crippen LogP contribution is -2.32. The van der Waals surface area contributed by atoms with Crippen molar-refractivity contribution >= 4 is 22.8 Å². The van der Waals surface area contributed by atoms with Crippen LogP contribution in [0.1, 0.15) is 32.1 Å². The zero-order chi connectivity index (χ0) is 28.6. The number of fused-ring (bicyclic) bond motifs is 2. The molecule has 14 heteroatoms. The summed E-state index contributed by atoms with van der Waals surface area (Å²) in [5.41, 5.74) is 13.4. The van der Waals surface area contributed by atoms with Gasteiger partial charge in [0.15, 0.2) is 23.5 Å². The Morgan fingerprint density at radius 1 is 1.07 bits per heavy atom. The molecule has 0 amide bonds. The van der Waals surface area contributed by atoms with E-state index in [0.717, 1.165) is 11.3 Å². The molecule has 41 heavy (non-hydrogen) atoms. The second kappa shape index (κ2) is 11.0. The predicted molar refractivity (Wildman–Crippen MR) is 149 cm³/mol. The van der Waals surface area contributed by atoms with Crippen LogP contribution < -0.4 is 27.2 Å². The standard InChI is InChI=1S/C27H33N9O5/c1-27(2)40-20-18(39-25(21(20)41-27)36-15-33-19-23(29)31-14-32-24(19)36)8-9-30-12-16-13-35(26(37)34-22(16)28)10-11-38-17-6-4-3-5-7-17/h3-7,13-15,18,20-21,25,30H,8-12H2,1-2H3,(H2,28,34,37)(H2,29,31,32)/t18-,20?,21+,25-/m1/s1. The minimum Gasteiger partial charge on any atom is -0.492 e. The number of rotatable bonds is 10. The number of ether oxygens (including phenoxy) is 4. The van der Waals surface area contributed by atoms with E-state index in [1.807, 2.05) is 48.7 Å². The highest BCUT2D eigenvalue weighted by atomic mass is 16.8. The number of anilines is 2. The topological polar surface area (TPSA) is 179 Å². The van der Waals surface area contributed by atoms with E-state index in [1.54, 1.807) is 12.5 Å². The molecule has 0 bridgehead atoms. The summed E-state index contributed by atoms with van der Waals surface area (Å²) < 4.78 is 28.0. The summed E-state index contributed by atoms with van der Waals surface area (Å²) in [6.45, 7) is 5.47. The van der Waals surface area contributed by atoms with Crippen molar-refractivity contribution in [1.29, 1.82) is 0 Å². The lowest BCUT2D eigenvalue weighted by Gasteiger charge is -2.25. The number of nitrogens with one attached hydrogen (secondary N) is 1. The highest BCUT2D eigenvalue weighted by molar-refractivity contribution is 5.81. The second-order valence-corrected chi connectivity index (χ2v) is 10.5. The minimum atomic E-state index is -0.758. The number of benzene rings is 1. The number of aromatic nitrogens is 6. The molecule has 216 valence electrons. The first-order chi connectivity index (χ1) is 19.8. The van der Waals surface area contributed by atoms with Crippen molar-refractivity contribution in [1.82, 2.24) is 34.4 Å². The molecule has 0 spiro atoms. The zero-order valence-corrected chi connectivity index (χ0v) is 22.8. The molecule has 4 atom stereocenters. The molecule has 1 unspecified atom stereocenters. The van der Waals surface area contributed by atoms with Gasteiger partial charge in [-0.15, -0.1) is 0 Å². The van der Waals surface area contributed by atoms with Gasteiger partial charge in [-0.2, -0.15) is 4.98 Å². The minimum absolute atomic E-state index is 0.197. The van der Waals surface area contributed by atoms with Gasteiger partial charge in [0, 0.05) is 18.3 Å². The molecule has 3 aromatic heterocycles. The smallest absolute Gasteiger partial charge is 0.349 e. The van der Waals surface area contributed by atoms with Crippen LogP contribution in [0.5, 0.6) is 5.75 Å². The maximum absolute atomic E-state index is 12.4. The summed E-state index contributed by atoms with van der Waals surface area (Å²) >= 11 is 0. The van der Waals surface area contributed by atoms with Gasteiger partial charge >= 0.3 is 5.69 Å². The number of para-hydroxylation sites is 1. The Hall–Kier alpha value is -4.11. The highest BCUT2D eigenvalue weighted by Crippen LogP contribution is 2.44.